The first-order chi connectivity index (χ1) is 9.56. The van der Waals surface area contributed by atoms with Gasteiger partial charge in [0.15, 0.2) is 0 Å². The smallest absolute Gasteiger partial charge is 0.119 e. The molecule has 0 bridgehead atoms. The SMILES string of the molecule is Cc1cc(OCCNc2ccc(Cl)cc2)cc(C)c1Br. The Bertz CT molecular complexity index is 561. The zero-order valence-corrected chi connectivity index (χ0v) is 13.9. The first-order valence-corrected chi connectivity index (χ1v) is 7.62. The molecular formula is C16H17BrClNO. The van der Waals surface area contributed by atoms with Crippen molar-refractivity contribution in [3.8, 4) is 5.75 Å². The second-order valence-corrected chi connectivity index (χ2v) is 5.88. The molecule has 0 aliphatic heterocycles. The molecule has 0 heterocycles. The third-order valence-corrected chi connectivity index (χ3v) is 4.46. The van der Waals surface area contributed by atoms with Crippen LogP contribution in [0.5, 0.6) is 5.75 Å². The third kappa shape index (κ3) is 4.15. The number of nitrogens with one attached hydrogen (secondary N) is 1. The largest absolute Gasteiger partial charge is 0.492 e. The van der Waals surface area contributed by atoms with E-state index < -0.39 is 0 Å². The minimum absolute atomic E-state index is 0.614. The molecule has 2 rings (SSSR count). The zero-order valence-electron chi connectivity index (χ0n) is 11.5. The molecule has 20 heavy (non-hydrogen) atoms. The molecule has 0 aromatic heterocycles. The van der Waals surface area contributed by atoms with E-state index in [1.54, 1.807) is 0 Å². The summed E-state index contributed by atoms with van der Waals surface area (Å²) in [5, 5.41) is 4.03. The fourth-order valence-corrected chi connectivity index (χ4v) is 2.28. The number of benzene rings is 2. The van der Waals surface area contributed by atoms with Gasteiger partial charge in [-0.3, -0.25) is 0 Å². The average molecular weight is 355 g/mol. The van der Waals surface area contributed by atoms with Gasteiger partial charge < -0.3 is 10.1 Å². The molecule has 4 heteroatoms. The summed E-state index contributed by atoms with van der Waals surface area (Å²) in [6, 6.07) is 11.7. The molecule has 0 saturated carbocycles. The fourth-order valence-electron chi connectivity index (χ4n) is 1.92. The van der Waals surface area contributed by atoms with Crippen LogP contribution in [0.25, 0.3) is 0 Å². The number of aryl methyl sites for hydroxylation is 2. The molecule has 0 radical (unpaired) electrons. The molecule has 0 fully saturated rings. The maximum atomic E-state index is 5.84. The van der Waals surface area contributed by atoms with Crippen molar-refractivity contribution in [3.05, 3.63) is 57.0 Å². The van der Waals surface area contributed by atoms with Crippen molar-refractivity contribution in [2.24, 2.45) is 0 Å². The highest BCUT2D eigenvalue weighted by Gasteiger charge is 2.03. The van der Waals surface area contributed by atoms with Crippen LogP contribution >= 0.6 is 27.5 Å². The number of hydrogen-bond donors (Lipinski definition) is 1. The lowest BCUT2D eigenvalue weighted by atomic mass is 10.1. The van der Waals surface area contributed by atoms with Crippen LogP contribution in [0.2, 0.25) is 5.02 Å². The molecule has 0 aliphatic rings. The fraction of sp³-hybridized carbons (Fsp3) is 0.250. The highest BCUT2D eigenvalue weighted by Crippen LogP contribution is 2.26. The van der Waals surface area contributed by atoms with Gasteiger partial charge in [0.2, 0.25) is 0 Å². The van der Waals surface area contributed by atoms with Gasteiger partial charge in [0.1, 0.15) is 12.4 Å². The Morgan fingerprint density at radius 2 is 1.70 bits per heavy atom. The molecule has 0 saturated heterocycles. The van der Waals surface area contributed by atoms with Crippen LogP contribution in [-0.4, -0.2) is 13.2 Å². The molecular weight excluding hydrogens is 338 g/mol. The summed E-state index contributed by atoms with van der Waals surface area (Å²) in [7, 11) is 0. The Morgan fingerprint density at radius 3 is 2.30 bits per heavy atom. The topological polar surface area (TPSA) is 21.3 Å². The van der Waals surface area contributed by atoms with Crippen LogP contribution in [0.3, 0.4) is 0 Å². The summed E-state index contributed by atoms with van der Waals surface area (Å²) in [4.78, 5) is 0. The van der Waals surface area contributed by atoms with Crippen molar-refractivity contribution in [2.75, 3.05) is 18.5 Å². The number of halogens is 2. The van der Waals surface area contributed by atoms with E-state index in [4.69, 9.17) is 16.3 Å². The molecule has 2 aromatic carbocycles. The van der Waals surface area contributed by atoms with Crippen molar-refractivity contribution in [1.82, 2.24) is 0 Å². The Morgan fingerprint density at radius 1 is 1.10 bits per heavy atom. The number of rotatable bonds is 5. The van der Waals surface area contributed by atoms with Gasteiger partial charge in [-0.15, -0.1) is 0 Å². The molecule has 0 amide bonds. The number of anilines is 1. The van der Waals surface area contributed by atoms with Gasteiger partial charge in [0.25, 0.3) is 0 Å². The van der Waals surface area contributed by atoms with Gasteiger partial charge in [-0.2, -0.15) is 0 Å². The van der Waals surface area contributed by atoms with Crippen molar-refractivity contribution in [2.45, 2.75) is 13.8 Å². The molecule has 1 N–H and O–H groups in total. The van der Waals surface area contributed by atoms with E-state index in [9.17, 15) is 0 Å². The first kappa shape index (κ1) is 15.2. The lowest BCUT2D eigenvalue weighted by Crippen LogP contribution is -2.11. The normalized spacial score (nSPS) is 10.4. The lowest BCUT2D eigenvalue weighted by Gasteiger charge is -2.11. The monoisotopic (exact) mass is 353 g/mol. The summed E-state index contributed by atoms with van der Waals surface area (Å²) < 4.78 is 6.90. The summed E-state index contributed by atoms with van der Waals surface area (Å²) in [5.41, 5.74) is 3.41. The first-order valence-electron chi connectivity index (χ1n) is 6.45. The van der Waals surface area contributed by atoms with Crippen LogP contribution in [0, 0.1) is 13.8 Å². The second-order valence-electron chi connectivity index (χ2n) is 4.65. The standard InChI is InChI=1S/C16H17BrClNO/c1-11-9-15(10-12(2)16(11)17)20-8-7-19-14-5-3-13(18)4-6-14/h3-6,9-10,19H,7-8H2,1-2H3. The Kier molecular flexibility index (Phi) is 5.32. The predicted octanol–water partition coefficient (Wildman–Crippen LogP) is 5.21. The number of ether oxygens (including phenoxy) is 1. The predicted molar refractivity (Wildman–Crippen MR) is 89.1 cm³/mol. The molecule has 0 unspecified atom stereocenters. The van der Waals surface area contributed by atoms with Crippen molar-refractivity contribution >= 4 is 33.2 Å². The Balaban J connectivity index is 1.83. The molecule has 0 atom stereocenters. The van der Waals surface area contributed by atoms with Gasteiger partial charge in [0, 0.05) is 21.7 Å². The minimum atomic E-state index is 0.614. The van der Waals surface area contributed by atoms with Gasteiger partial charge >= 0.3 is 0 Å². The maximum absolute atomic E-state index is 5.84. The summed E-state index contributed by atoms with van der Waals surface area (Å²) in [6.07, 6.45) is 0. The van der Waals surface area contributed by atoms with Crippen LogP contribution in [0.1, 0.15) is 11.1 Å². The highest BCUT2D eigenvalue weighted by atomic mass is 79.9. The molecule has 2 aromatic rings. The van der Waals surface area contributed by atoms with Crippen LogP contribution in [-0.2, 0) is 0 Å². The molecule has 106 valence electrons. The van der Waals surface area contributed by atoms with Crippen LogP contribution < -0.4 is 10.1 Å². The second kappa shape index (κ2) is 7.00. The van der Waals surface area contributed by atoms with E-state index in [-0.39, 0.29) is 0 Å². The maximum Gasteiger partial charge on any atom is 0.119 e. The number of hydrogen-bond acceptors (Lipinski definition) is 2. The van der Waals surface area contributed by atoms with Crippen molar-refractivity contribution in [3.63, 3.8) is 0 Å². The van der Waals surface area contributed by atoms with Crippen molar-refractivity contribution in [1.29, 1.82) is 0 Å². The quantitative estimate of drug-likeness (QED) is 0.744. The van der Waals surface area contributed by atoms with Gasteiger partial charge in [-0.05, 0) is 61.4 Å². The van der Waals surface area contributed by atoms with Gasteiger partial charge in [-0.1, -0.05) is 27.5 Å². The molecule has 0 aliphatic carbocycles. The van der Waals surface area contributed by atoms with E-state index in [2.05, 4.69) is 35.1 Å². The molecule has 2 nitrogen and oxygen atoms in total. The van der Waals surface area contributed by atoms with Crippen LogP contribution in [0.4, 0.5) is 5.69 Å². The average Bonchev–Trinajstić information content (AvgIpc) is 2.43. The zero-order chi connectivity index (χ0) is 14.5. The summed E-state index contributed by atoms with van der Waals surface area (Å²) >= 11 is 9.39. The van der Waals surface area contributed by atoms with Crippen molar-refractivity contribution < 1.29 is 4.74 Å². The summed E-state index contributed by atoms with van der Waals surface area (Å²) in [5.74, 6) is 0.904. The van der Waals surface area contributed by atoms with Gasteiger partial charge in [-0.25, -0.2) is 0 Å². The molecule has 0 spiro atoms. The van der Waals surface area contributed by atoms with Crippen LogP contribution in [0.15, 0.2) is 40.9 Å². The lowest BCUT2D eigenvalue weighted by molar-refractivity contribution is 0.332. The van der Waals surface area contributed by atoms with Gasteiger partial charge in [0.05, 0.1) is 0 Å². The third-order valence-electron chi connectivity index (χ3n) is 2.95. The highest BCUT2D eigenvalue weighted by molar-refractivity contribution is 9.10. The van der Waals surface area contributed by atoms with E-state index in [1.807, 2.05) is 36.4 Å². The summed E-state index contributed by atoms with van der Waals surface area (Å²) in [6.45, 7) is 5.49. The Labute approximate surface area is 133 Å². The van der Waals surface area contributed by atoms with E-state index >= 15 is 0 Å². The van der Waals surface area contributed by atoms with E-state index in [1.165, 1.54) is 11.1 Å². The minimum Gasteiger partial charge on any atom is -0.492 e. The Hall–Kier alpha value is -1.19. The van der Waals surface area contributed by atoms with E-state index in [0.717, 1.165) is 27.5 Å². The van der Waals surface area contributed by atoms with E-state index in [0.29, 0.717) is 6.61 Å².